The first-order valence-electron chi connectivity index (χ1n) is 8.09. The predicted molar refractivity (Wildman–Crippen MR) is 93.6 cm³/mol. The molecule has 0 unspecified atom stereocenters. The van der Waals surface area contributed by atoms with E-state index >= 15 is 0 Å². The lowest BCUT2D eigenvalue weighted by Gasteiger charge is -2.08. The van der Waals surface area contributed by atoms with Gasteiger partial charge in [0.05, 0.1) is 16.6 Å². The van der Waals surface area contributed by atoms with E-state index in [-0.39, 0.29) is 23.9 Å². The van der Waals surface area contributed by atoms with E-state index in [1.807, 2.05) is 33.8 Å². The number of nitrogens with zero attached hydrogens (tertiary/aromatic N) is 2. The Labute approximate surface area is 144 Å². The molecule has 3 rings (SSSR count). The topological polar surface area (TPSA) is 101 Å². The van der Waals surface area contributed by atoms with Crippen LogP contribution >= 0.6 is 0 Å². The van der Waals surface area contributed by atoms with Gasteiger partial charge in [-0.2, -0.15) is 0 Å². The van der Waals surface area contributed by atoms with Gasteiger partial charge >= 0.3 is 0 Å². The summed E-state index contributed by atoms with van der Waals surface area (Å²) in [5, 5.41) is 7.51. The number of aromatic amines is 1. The number of H-pyrrole nitrogens is 1. The van der Waals surface area contributed by atoms with Crippen molar-refractivity contribution in [1.29, 1.82) is 0 Å². The normalized spacial score (nSPS) is 11.2. The third-order valence-electron chi connectivity index (χ3n) is 4.09. The van der Waals surface area contributed by atoms with Crippen LogP contribution in [0.2, 0.25) is 0 Å². The number of carbonyl (C=O) groups excluding carboxylic acids is 1. The first-order valence-corrected chi connectivity index (χ1v) is 8.09. The van der Waals surface area contributed by atoms with Crippen molar-refractivity contribution in [1.82, 2.24) is 20.4 Å². The molecule has 0 aliphatic carbocycles. The van der Waals surface area contributed by atoms with Crippen LogP contribution in [0.15, 0.2) is 27.6 Å². The smallest absolute Gasteiger partial charge is 0.257 e. The van der Waals surface area contributed by atoms with Gasteiger partial charge in [-0.15, -0.1) is 0 Å². The molecule has 3 aromatic heterocycles. The molecular weight excluding hydrogens is 320 g/mol. The van der Waals surface area contributed by atoms with Gasteiger partial charge in [0.2, 0.25) is 0 Å². The Kier molecular flexibility index (Phi) is 4.39. The van der Waals surface area contributed by atoms with Crippen LogP contribution in [0.1, 0.15) is 52.6 Å². The van der Waals surface area contributed by atoms with Crippen LogP contribution in [0, 0.1) is 13.8 Å². The van der Waals surface area contributed by atoms with Gasteiger partial charge in [-0.3, -0.25) is 9.59 Å². The Morgan fingerprint density at radius 3 is 2.76 bits per heavy atom. The van der Waals surface area contributed by atoms with Gasteiger partial charge in [-0.05, 0) is 37.5 Å². The Balaban J connectivity index is 1.83. The molecule has 0 radical (unpaired) electrons. The Bertz CT molecular complexity index is 1000. The fourth-order valence-corrected chi connectivity index (χ4v) is 2.76. The lowest BCUT2D eigenvalue weighted by atomic mass is 10.1. The monoisotopic (exact) mass is 340 g/mol. The van der Waals surface area contributed by atoms with E-state index in [0.29, 0.717) is 16.8 Å². The Morgan fingerprint density at radius 1 is 1.32 bits per heavy atom. The second-order valence-corrected chi connectivity index (χ2v) is 6.42. The highest BCUT2D eigenvalue weighted by molar-refractivity contribution is 5.97. The first-order chi connectivity index (χ1) is 11.9. The number of nitrogens with one attached hydrogen (secondary N) is 2. The number of hydrogen-bond donors (Lipinski definition) is 2. The molecule has 130 valence electrons. The van der Waals surface area contributed by atoms with Gasteiger partial charge < -0.3 is 14.8 Å². The summed E-state index contributed by atoms with van der Waals surface area (Å²) in [4.78, 5) is 31.4. The number of pyridine rings is 2. The minimum absolute atomic E-state index is 0.152. The number of aryl methyl sites for hydroxylation is 2. The minimum Gasteiger partial charge on any atom is -0.348 e. The maximum Gasteiger partial charge on any atom is 0.257 e. The maximum atomic E-state index is 12.4. The standard InChI is InChI=1S/C18H20N4O3/c1-9(2)15-13-6-12(7-20-18(13)25-22-15)16(23)19-8-14-10(3)5-11(4)21-17(14)24/h5-7,9H,8H2,1-4H3,(H,19,23)(H,21,24). The molecular formula is C18H20N4O3. The van der Waals surface area contributed by atoms with Crippen LogP contribution in [0.5, 0.6) is 0 Å². The highest BCUT2D eigenvalue weighted by Gasteiger charge is 2.16. The third kappa shape index (κ3) is 3.31. The molecule has 0 spiro atoms. The van der Waals surface area contributed by atoms with Crippen molar-refractivity contribution in [2.24, 2.45) is 0 Å². The molecule has 0 aromatic carbocycles. The van der Waals surface area contributed by atoms with Crippen molar-refractivity contribution in [3.63, 3.8) is 0 Å². The third-order valence-corrected chi connectivity index (χ3v) is 4.09. The Hall–Kier alpha value is -2.96. The van der Waals surface area contributed by atoms with E-state index in [1.165, 1.54) is 6.20 Å². The number of aromatic nitrogens is 3. The van der Waals surface area contributed by atoms with E-state index in [9.17, 15) is 9.59 Å². The number of rotatable bonds is 4. The molecule has 7 nitrogen and oxygen atoms in total. The molecule has 0 bridgehead atoms. The van der Waals surface area contributed by atoms with Gasteiger partial charge in [0, 0.05) is 24.0 Å². The largest absolute Gasteiger partial charge is 0.348 e. The number of fused-ring (bicyclic) bond motifs is 1. The molecule has 0 aliphatic heterocycles. The summed E-state index contributed by atoms with van der Waals surface area (Å²) in [7, 11) is 0. The second kappa shape index (κ2) is 6.51. The van der Waals surface area contributed by atoms with E-state index < -0.39 is 0 Å². The second-order valence-electron chi connectivity index (χ2n) is 6.42. The van der Waals surface area contributed by atoms with Gasteiger partial charge in [-0.1, -0.05) is 19.0 Å². The van der Waals surface area contributed by atoms with Gasteiger partial charge in [0.25, 0.3) is 17.2 Å². The van der Waals surface area contributed by atoms with Crippen LogP contribution in [0.25, 0.3) is 11.1 Å². The van der Waals surface area contributed by atoms with Gasteiger partial charge in [0.1, 0.15) is 0 Å². The van der Waals surface area contributed by atoms with Gasteiger partial charge in [-0.25, -0.2) is 4.98 Å². The first kappa shape index (κ1) is 16.9. The van der Waals surface area contributed by atoms with E-state index in [1.54, 1.807) is 6.07 Å². The highest BCUT2D eigenvalue weighted by Crippen LogP contribution is 2.24. The zero-order valence-corrected chi connectivity index (χ0v) is 14.6. The SMILES string of the molecule is Cc1cc(C)c(CNC(=O)c2cnc3onc(C(C)C)c3c2)c(=O)[nH]1. The van der Waals surface area contributed by atoms with Crippen molar-refractivity contribution in [3.8, 4) is 0 Å². The molecule has 1 amide bonds. The molecule has 3 heterocycles. The zero-order chi connectivity index (χ0) is 18.1. The molecule has 0 saturated heterocycles. The lowest BCUT2D eigenvalue weighted by molar-refractivity contribution is 0.0950. The summed E-state index contributed by atoms with van der Waals surface area (Å²) in [6.07, 6.45) is 1.44. The summed E-state index contributed by atoms with van der Waals surface area (Å²) in [5.74, 6) is -0.139. The Morgan fingerprint density at radius 2 is 2.08 bits per heavy atom. The zero-order valence-electron chi connectivity index (χ0n) is 14.6. The molecule has 25 heavy (non-hydrogen) atoms. The number of carbonyl (C=O) groups is 1. The number of amides is 1. The van der Waals surface area contributed by atoms with E-state index in [4.69, 9.17) is 4.52 Å². The van der Waals surface area contributed by atoms with Crippen LogP contribution in [0.3, 0.4) is 0 Å². The fraction of sp³-hybridized carbons (Fsp3) is 0.333. The van der Waals surface area contributed by atoms with Crippen molar-refractivity contribution in [2.75, 3.05) is 0 Å². The summed E-state index contributed by atoms with van der Waals surface area (Å²) >= 11 is 0. The van der Waals surface area contributed by atoms with Crippen molar-refractivity contribution in [3.05, 3.63) is 56.8 Å². The van der Waals surface area contributed by atoms with Crippen LogP contribution in [0.4, 0.5) is 0 Å². The quantitative estimate of drug-likeness (QED) is 0.760. The summed E-state index contributed by atoms with van der Waals surface area (Å²) in [6.45, 7) is 7.82. The molecule has 0 fully saturated rings. The van der Waals surface area contributed by atoms with Crippen molar-refractivity contribution < 1.29 is 9.32 Å². The average molecular weight is 340 g/mol. The predicted octanol–water partition coefficient (Wildman–Crippen LogP) is 2.58. The summed E-state index contributed by atoms with van der Waals surface area (Å²) in [5.41, 5.74) is 3.57. The van der Waals surface area contributed by atoms with Crippen LogP contribution in [-0.2, 0) is 6.54 Å². The van der Waals surface area contributed by atoms with E-state index in [2.05, 4.69) is 20.4 Å². The number of hydrogen-bond acceptors (Lipinski definition) is 5. The lowest BCUT2D eigenvalue weighted by Crippen LogP contribution is -2.28. The summed E-state index contributed by atoms with van der Waals surface area (Å²) in [6, 6.07) is 3.60. The molecule has 3 aromatic rings. The maximum absolute atomic E-state index is 12.4. The summed E-state index contributed by atoms with van der Waals surface area (Å²) < 4.78 is 5.18. The fourth-order valence-electron chi connectivity index (χ4n) is 2.76. The van der Waals surface area contributed by atoms with Crippen molar-refractivity contribution >= 4 is 17.0 Å². The van der Waals surface area contributed by atoms with Crippen LogP contribution in [-0.4, -0.2) is 21.0 Å². The average Bonchev–Trinajstić information content (AvgIpc) is 2.96. The molecule has 0 atom stereocenters. The minimum atomic E-state index is -0.301. The molecule has 0 aliphatic rings. The highest BCUT2D eigenvalue weighted by atomic mass is 16.5. The molecule has 7 heteroatoms. The van der Waals surface area contributed by atoms with Crippen LogP contribution < -0.4 is 10.9 Å². The van der Waals surface area contributed by atoms with E-state index in [0.717, 1.165) is 22.3 Å². The molecule has 2 N–H and O–H groups in total. The van der Waals surface area contributed by atoms with Gasteiger partial charge in [0.15, 0.2) is 0 Å². The van der Waals surface area contributed by atoms with Crippen molar-refractivity contribution in [2.45, 2.75) is 40.2 Å². The molecule has 0 saturated carbocycles.